The van der Waals surface area contributed by atoms with Crippen molar-refractivity contribution >= 4 is 29.0 Å². The molecule has 1 aromatic carbocycles. The Hall–Kier alpha value is -3.73. The molecule has 4 aromatic rings. The molecule has 0 spiro atoms. The van der Waals surface area contributed by atoms with Gasteiger partial charge in [0.2, 0.25) is 0 Å². The summed E-state index contributed by atoms with van der Waals surface area (Å²) in [5.41, 5.74) is 3.89. The average Bonchev–Trinajstić information content (AvgIpc) is 3.49. The number of benzene rings is 1. The first-order valence-electron chi connectivity index (χ1n) is 11.7. The Morgan fingerprint density at radius 1 is 1.22 bits per heavy atom. The minimum atomic E-state index is -0.423. The van der Waals surface area contributed by atoms with E-state index in [0.29, 0.717) is 40.8 Å². The highest BCUT2D eigenvalue weighted by atomic mass is 35.5. The van der Waals surface area contributed by atoms with Crippen molar-refractivity contribution in [3.05, 3.63) is 82.8 Å². The third kappa shape index (κ3) is 5.08. The lowest BCUT2D eigenvalue weighted by Crippen LogP contribution is -2.49. The van der Waals surface area contributed by atoms with Gasteiger partial charge in [-0.15, -0.1) is 0 Å². The van der Waals surface area contributed by atoms with Crippen molar-refractivity contribution in [3.8, 4) is 11.1 Å². The summed E-state index contributed by atoms with van der Waals surface area (Å²) >= 11 is 6.51. The molecular formula is C26H26ClFN6O3. The number of nitrogens with zero attached hydrogens (tertiary/aromatic N) is 5. The van der Waals surface area contributed by atoms with Crippen LogP contribution in [0.3, 0.4) is 0 Å². The highest BCUT2D eigenvalue weighted by Crippen LogP contribution is 2.34. The van der Waals surface area contributed by atoms with Gasteiger partial charge < -0.3 is 24.6 Å². The molecule has 0 aliphatic carbocycles. The number of amides is 1. The molecule has 0 bridgehead atoms. The van der Waals surface area contributed by atoms with E-state index in [2.05, 4.69) is 15.4 Å². The van der Waals surface area contributed by atoms with E-state index >= 15 is 0 Å². The van der Waals surface area contributed by atoms with Crippen molar-refractivity contribution < 1.29 is 19.0 Å². The molecule has 11 heteroatoms. The Morgan fingerprint density at radius 3 is 2.78 bits per heavy atom. The van der Waals surface area contributed by atoms with E-state index in [9.17, 15) is 14.3 Å². The lowest BCUT2D eigenvalue weighted by atomic mass is 10.0. The number of methoxy groups -OCH3 is 1. The Kier molecular flexibility index (Phi) is 6.96. The fourth-order valence-electron chi connectivity index (χ4n) is 4.60. The van der Waals surface area contributed by atoms with Crippen molar-refractivity contribution in [2.24, 2.45) is 7.05 Å². The number of aliphatic hydroxyl groups is 1. The molecule has 5 rings (SSSR count). The largest absolute Gasteiger partial charge is 0.392 e. The molecule has 1 amide bonds. The third-order valence-electron chi connectivity index (χ3n) is 6.41. The maximum atomic E-state index is 14.0. The number of rotatable bonds is 8. The van der Waals surface area contributed by atoms with Gasteiger partial charge in [-0.3, -0.25) is 9.48 Å². The molecule has 0 saturated heterocycles. The Morgan fingerprint density at radius 2 is 2.05 bits per heavy atom. The third-order valence-corrected chi connectivity index (χ3v) is 6.71. The second-order valence-corrected chi connectivity index (χ2v) is 9.36. The summed E-state index contributed by atoms with van der Waals surface area (Å²) in [5.74, 6) is -0.0513. The number of pyridine rings is 1. The number of aromatic nitrogens is 4. The molecule has 192 valence electrons. The van der Waals surface area contributed by atoms with E-state index in [4.69, 9.17) is 16.3 Å². The highest BCUT2D eigenvalue weighted by Gasteiger charge is 2.34. The molecule has 0 fully saturated rings. The van der Waals surface area contributed by atoms with Crippen LogP contribution in [-0.2, 0) is 31.5 Å². The summed E-state index contributed by atoms with van der Waals surface area (Å²) < 4.78 is 23.0. The van der Waals surface area contributed by atoms with Crippen LogP contribution in [0.15, 0.2) is 55.1 Å². The number of halogens is 2. The van der Waals surface area contributed by atoms with Crippen molar-refractivity contribution in [3.63, 3.8) is 0 Å². The molecule has 2 N–H and O–H groups in total. The Labute approximate surface area is 218 Å². The first-order valence-corrected chi connectivity index (χ1v) is 12.0. The van der Waals surface area contributed by atoms with E-state index < -0.39 is 5.82 Å². The summed E-state index contributed by atoms with van der Waals surface area (Å²) in [6.45, 7) is 0.694. The number of aliphatic hydroxyl groups excluding tert-OH is 1. The predicted octanol–water partition coefficient (Wildman–Crippen LogP) is 3.98. The molecule has 37 heavy (non-hydrogen) atoms. The van der Waals surface area contributed by atoms with E-state index in [1.165, 1.54) is 18.2 Å². The predicted molar refractivity (Wildman–Crippen MR) is 137 cm³/mol. The molecule has 3 aromatic heterocycles. The Bertz CT molecular complexity index is 1450. The van der Waals surface area contributed by atoms with Gasteiger partial charge in [-0.2, -0.15) is 5.10 Å². The fourth-order valence-corrected chi connectivity index (χ4v) is 4.82. The number of anilines is 2. The van der Waals surface area contributed by atoms with Crippen LogP contribution in [0, 0.1) is 5.82 Å². The Balaban J connectivity index is 1.47. The molecule has 1 unspecified atom stereocenters. The van der Waals surface area contributed by atoms with Crippen LogP contribution in [0.2, 0.25) is 5.02 Å². The van der Waals surface area contributed by atoms with Crippen LogP contribution in [0.4, 0.5) is 15.9 Å². The maximum Gasteiger partial charge on any atom is 0.271 e. The molecule has 1 aliphatic heterocycles. The van der Waals surface area contributed by atoms with Gasteiger partial charge in [0, 0.05) is 57.0 Å². The lowest BCUT2D eigenvalue weighted by Gasteiger charge is -2.36. The van der Waals surface area contributed by atoms with Crippen molar-refractivity contribution in [2.75, 3.05) is 19.0 Å². The molecule has 9 nitrogen and oxygen atoms in total. The van der Waals surface area contributed by atoms with Gasteiger partial charge >= 0.3 is 0 Å². The summed E-state index contributed by atoms with van der Waals surface area (Å²) in [4.78, 5) is 19.7. The lowest BCUT2D eigenvalue weighted by molar-refractivity contribution is 0.0386. The first kappa shape index (κ1) is 24.9. The summed E-state index contributed by atoms with van der Waals surface area (Å²) in [5, 5.41) is 17.5. The van der Waals surface area contributed by atoms with Crippen LogP contribution in [0.1, 0.15) is 21.6 Å². The van der Waals surface area contributed by atoms with Crippen LogP contribution >= 0.6 is 11.6 Å². The summed E-state index contributed by atoms with van der Waals surface area (Å²) in [6, 6.07) is 7.53. The van der Waals surface area contributed by atoms with Crippen molar-refractivity contribution in [2.45, 2.75) is 25.7 Å². The van der Waals surface area contributed by atoms with Gasteiger partial charge in [-0.1, -0.05) is 17.7 Å². The second-order valence-electron chi connectivity index (χ2n) is 8.96. The quantitative estimate of drug-likeness (QED) is 0.362. The standard InChI is InChI=1S/C26H26ClFN6O3/c1-32-12-20(8-30-32)31-25-7-22(23(27)9-29-25)18-6-24-26(36)34(21(15-37-2)13-33(24)10-18)11-17-5-19(28)4-3-16(17)14-35/h3-10,12,21,35H,11,13-15H2,1-2H3,(H,29,31). The van der Waals surface area contributed by atoms with Gasteiger partial charge in [-0.25, -0.2) is 9.37 Å². The average molecular weight is 525 g/mol. The summed E-state index contributed by atoms with van der Waals surface area (Å²) in [6.07, 6.45) is 6.98. The molecule has 4 heterocycles. The van der Waals surface area contributed by atoms with Crippen molar-refractivity contribution in [1.29, 1.82) is 0 Å². The topological polar surface area (TPSA) is 97.4 Å². The zero-order chi connectivity index (χ0) is 26.1. The number of aryl methyl sites for hydroxylation is 1. The van der Waals surface area contributed by atoms with Gasteiger partial charge in [0.1, 0.15) is 17.3 Å². The number of carbonyl (C=O) groups excluding carboxylic acids is 1. The van der Waals surface area contributed by atoms with E-state index in [0.717, 1.165) is 16.8 Å². The first-order chi connectivity index (χ1) is 17.9. The zero-order valence-electron chi connectivity index (χ0n) is 20.4. The van der Waals surface area contributed by atoms with E-state index in [-0.39, 0.29) is 25.1 Å². The van der Waals surface area contributed by atoms with Crippen molar-refractivity contribution in [1.82, 2.24) is 24.2 Å². The molecule has 0 saturated carbocycles. The maximum absolute atomic E-state index is 14.0. The SMILES string of the molecule is COCC1Cn2cc(-c3cc(Nc4cnn(C)c4)ncc3Cl)cc2C(=O)N1Cc1cc(F)ccc1CO. The summed E-state index contributed by atoms with van der Waals surface area (Å²) in [7, 11) is 3.40. The van der Waals surface area contributed by atoms with E-state index in [1.54, 1.807) is 35.2 Å². The van der Waals surface area contributed by atoms with Crippen LogP contribution in [0.25, 0.3) is 11.1 Å². The van der Waals surface area contributed by atoms with Gasteiger partial charge in [0.15, 0.2) is 0 Å². The normalized spacial score (nSPS) is 15.2. The number of hydrogen-bond donors (Lipinski definition) is 2. The van der Waals surface area contributed by atoms with Gasteiger partial charge in [-0.05, 0) is 35.4 Å². The van der Waals surface area contributed by atoms with Crippen LogP contribution < -0.4 is 5.32 Å². The fraction of sp³-hybridized carbons (Fsp3) is 0.269. The van der Waals surface area contributed by atoms with E-state index in [1.807, 2.05) is 30.1 Å². The number of fused-ring (bicyclic) bond motifs is 1. The monoisotopic (exact) mass is 524 g/mol. The number of hydrogen-bond acceptors (Lipinski definition) is 6. The van der Waals surface area contributed by atoms with Gasteiger partial charge in [0.25, 0.3) is 5.91 Å². The number of ether oxygens (including phenoxy) is 1. The minimum absolute atomic E-state index is 0.149. The van der Waals surface area contributed by atoms with Crippen LogP contribution in [-0.4, -0.2) is 55.0 Å². The zero-order valence-corrected chi connectivity index (χ0v) is 21.1. The molecule has 1 atom stereocenters. The molecular weight excluding hydrogens is 499 g/mol. The van der Waals surface area contributed by atoms with Gasteiger partial charge in [0.05, 0.1) is 36.2 Å². The van der Waals surface area contributed by atoms with Crippen LogP contribution in [0.5, 0.6) is 0 Å². The molecule has 1 aliphatic rings. The smallest absolute Gasteiger partial charge is 0.271 e. The minimum Gasteiger partial charge on any atom is -0.392 e. The second kappa shape index (κ2) is 10.3. The highest BCUT2D eigenvalue weighted by molar-refractivity contribution is 6.33. The number of nitrogens with one attached hydrogen (secondary N) is 1. The molecule has 0 radical (unpaired) electrons. The number of carbonyl (C=O) groups is 1.